The summed E-state index contributed by atoms with van der Waals surface area (Å²) < 4.78 is 12.2. The Morgan fingerprint density at radius 3 is 2.67 bits per heavy atom. The number of rotatable bonds is 7. The summed E-state index contributed by atoms with van der Waals surface area (Å²) in [7, 11) is 0. The van der Waals surface area contributed by atoms with Crippen LogP contribution < -0.4 is 10.9 Å². The van der Waals surface area contributed by atoms with Crippen LogP contribution in [-0.2, 0) is 22.6 Å². The van der Waals surface area contributed by atoms with Gasteiger partial charge in [0, 0.05) is 31.3 Å². The highest BCUT2D eigenvalue weighted by atomic mass is 16.7. The van der Waals surface area contributed by atoms with Crippen molar-refractivity contribution in [2.24, 2.45) is 0 Å². The fourth-order valence-corrected chi connectivity index (χ4v) is 2.66. The molecule has 6 heteroatoms. The van der Waals surface area contributed by atoms with Gasteiger partial charge in [0.2, 0.25) is 0 Å². The normalized spacial score (nSPS) is 15.0. The van der Waals surface area contributed by atoms with Crippen LogP contribution in [0, 0.1) is 0 Å². The third-order valence-corrected chi connectivity index (χ3v) is 3.98. The van der Waals surface area contributed by atoms with Crippen molar-refractivity contribution >= 4 is 0 Å². The number of hydrogen-bond donors (Lipinski definition) is 2. The van der Waals surface area contributed by atoms with Gasteiger partial charge in [-0.15, -0.1) is 0 Å². The van der Waals surface area contributed by atoms with Crippen LogP contribution in [0.25, 0.3) is 0 Å². The largest absolute Gasteiger partial charge is 0.503 e. The molecule has 2 N–H and O–H groups in total. The lowest BCUT2D eigenvalue weighted by Gasteiger charge is -2.12. The fourth-order valence-electron chi connectivity index (χ4n) is 2.66. The van der Waals surface area contributed by atoms with Crippen molar-refractivity contribution in [3.05, 3.63) is 64.1 Å². The molecule has 1 aliphatic rings. The number of nitrogens with one attached hydrogen (secondary N) is 1. The van der Waals surface area contributed by atoms with Gasteiger partial charge >= 0.3 is 0 Å². The Morgan fingerprint density at radius 2 is 1.92 bits per heavy atom. The number of benzene rings is 1. The van der Waals surface area contributed by atoms with Crippen LogP contribution in [0.4, 0.5) is 0 Å². The van der Waals surface area contributed by atoms with Crippen LogP contribution in [0.5, 0.6) is 5.75 Å². The van der Waals surface area contributed by atoms with E-state index in [9.17, 15) is 9.90 Å². The molecule has 0 saturated carbocycles. The molecule has 1 aliphatic heterocycles. The molecule has 2 aromatic rings. The van der Waals surface area contributed by atoms with E-state index in [1.165, 1.54) is 4.57 Å². The van der Waals surface area contributed by atoms with Crippen molar-refractivity contribution < 1.29 is 14.6 Å². The minimum absolute atomic E-state index is 0.148. The predicted octanol–water partition coefficient (Wildman–Crippen LogP) is 1.45. The molecule has 1 aromatic heterocycles. The summed E-state index contributed by atoms with van der Waals surface area (Å²) in [6.45, 7) is 2.85. The molecule has 1 fully saturated rings. The Morgan fingerprint density at radius 1 is 1.17 bits per heavy atom. The second-order valence-electron chi connectivity index (χ2n) is 5.74. The monoisotopic (exact) mass is 330 g/mol. The van der Waals surface area contributed by atoms with Gasteiger partial charge < -0.3 is 24.5 Å². The van der Waals surface area contributed by atoms with Gasteiger partial charge in [0.15, 0.2) is 12.0 Å². The van der Waals surface area contributed by atoms with Crippen LogP contribution in [0.15, 0.2) is 47.4 Å². The number of aromatic hydroxyl groups is 1. The van der Waals surface area contributed by atoms with Crippen LogP contribution in [-0.4, -0.2) is 35.7 Å². The Balaban J connectivity index is 1.57. The summed E-state index contributed by atoms with van der Waals surface area (Å²) in [4.78, 5) is 12.3. The van der Waals surface area contributed by atoms with E-state index >= 15 is 0 Å². The van der Waals surface area contributed by atoms with E-state index in [1.54, 1.807) is 12.3 Å². The molecule has 6 nitrogen and oxygen atoms in total. The zero-order valence-electron chi connectivity index (χ0n) is 13.5. The first-order chi connectivity index (χ1) is 11.7. The van der Waals surface area contributed by atoms with Gasteiger partial charge in [-0.2, -0.15) is 0 Å². The van der Waals surface area contributed by atoms with Crippen molar-refractivity contribution in [3.8, 4) is 5.75 Å². The summed E-state index contributed by atoms with van der Waals surface area (Å²) >= 11 is 0. The van der Waals surface area contributed by atoms with Gasteiger partial charge in [0.25, 0.3) is 5.56 Å². The number of aromatic nitrogens is 1. The maximum atomic E-state index is 12.3. The van der Waals surface area contributed by atoms with Crippen LogP contribution in [0.2, 0.25) is 0 Å². The molecule has 1 saturated heterocycles. The Labute approximate surface area is 140 Å². The maximum Gasteiger partial charge on any atom is 0.293 e. The van der Waals surface area contributed by atoms with E-state index in [4.69, 9.17) is 9.47 Å². The van der Waals surface area contributed by atoms with Crippen LogP contribution in [0.3, 0.4) is 0 Å². The highest BCUT2D eigenvalue weighted by molar-refractivity contribution is 5.29. The summed E-state index contributed by atoms with van der Waals surface area (Å²) in [5.74, 6) is -0.200. The second-order valence-corrected chi connectivity index (χ2v) is 5.74. The van der Waals surface area contributed by atoms with E-state index in [1.807, 2.05) is 30.3 Å². The molecule has 24 heavy (non-hydrogen) atoms. The first kappa shape index (κ1) is 16.7. The third kappa shape index (κ3) is 4.23. The SMILES string of the molecule is O=c1c(O)c(CNCCC2OCCO2)ccn1Cc1ccccc1. The van der Waals surface area contributed by atoms with Gasteiger partial charge in [-0.3, -0.25) is 4.79 Å². The van der Waals surface area contributed by atoms with E-state index in [0.717, 1.165) is 12.0 Å². The third-order valence-electron chi connectivity index (χ3n) is 3.98. The lowest BCUT2D eigenvalue weighted by Crippen LogP contribution is -2.24. The molecule has 0 unspecified atom stereocenters. The van der Waals surface area contributed by atoms with Gasteiger partial charge in [0.1, 0.15) is 0 Å². The molecule has 2 heterocycles. The average molecular weight is 330 g/mol. The topological polar surface area (TPSA) is 72.7 Å². The summed E-state index contributed by atoms with van der Waals surface area (Å²) in [6, 6.07) is 11.5. The minimum atomic E-state index is -0.374. The Kier molecular flexibility index (Phi) is 5.63. The van der Waals surface area contributed by atoms with Crippen molar-refractivity contribution in [1.29, 1.82) is 0 Å². The zero-order chi connectivity index (χ0) is 16.8. The molecule has 0 atom stereocenters. The average Bonchev–Trinajstić information content (AvgIpc) is 3.12. The molecular formula is C18H22N2O4. The first-order valence-electron chi connectivity index (χ1n) is 8.13. The second kappa shape index (κ2) is 8.10. The van der Waals surface area contributed by atoms with Gasteiger partial charge in [-0.1, -0.05) is 30.3 Å². The summed E-state index contributed by atoms with van der Waals surface area (Å²) in [5.41, 5.74) is 1.24. The number of hydrogen-bond acceptors (Lipinski definition) is 5. The molecule has 0 aliphatic carbocycles. The molecule has 1 aromatic carbocycles. The predicted molar refractivity (Wildman–Crippen MR) is 89.9 cm³/mol. The quantitative estimate of drug-likeness (QED) is 0.752. The van der Waals surface area contributed by atoms with Gasteiger partial charge in [0.05, 0.1) is 19.8 Å². The minimum Gasteiger partial charge on any atom is -0.503 e. The molecule has 0 bridgehead atoms. The number of ether oxygens (including phenoxy) is 2. The van der Waals surface area contributed by atoms with Crippen LogP contribution >= 0.6 is 0 Å². The smallest absolute Gasteiger partial charge is 0.293 e. The summed E-state index contributed by atoms with van der Waals surface area (Å²) in [6.07, 6.45) is 2.31. The lowest BCUT2D eigenvalue weighted by atomic mass is 10.2. The van der Waals surface area contributed by atoms with E-state index in [2.05, 4.69) is 5.32 Å². The van der Waals surface area contributed by atoms with Crippen molar-refractivity contribution in [3.63, 3.8) is 0 Å². The molecule has 0 spiro atoms. The fraction of sp³-hybridized carbons (Fsp3) is 0.389. The summed E-state index contributed by atoms with van der Waals surface area (Å²) in [5, 5.41) is 13.3. The maximum absolute atomic E-state index is 12.3. The molecule has 3 rings (SSSR count). The number of pyridine rings is 1. The highest BCUT2D eigenvalue weighted by Gasteiger charge is 2.15. The standard InChI is InChI=1S/C18H22N2O4/c21-17-15(12-19-8-6-16-23-10-11-24-16)7-9-20(18(17)22)13-14-4-2-1-3-5-14/h1-5,7,9,16,19,21H,6,8,10-13H2. The van der Waals surface area contributed by atoms with E-state index in [0.29, 0.717) is 38.4 Å². The molecule has 0 radical (unpaired) electrons. The zero-order valence-corrected chi connectivity index (χ0v) is 13.5. The van der Waals surface area contributed by atoms with Crippen molar-refractivity contribution in [1.82, 2.24) is 9.88 Å². The van der Waals surface area contributed by atoms with E-state index in [-0.39, 0.29) is 17.6 Å². The first-order valence-corrected chi connectivity index (χ1v) is 8.13. The highest BCUT2D eigenvalue weighted by Crippen LogP contribution is 2.12. The van der Waals surface area contributed by atoms with Gasteiger partial charge in [-0.25, -0.2) is 0 Å². The molecule has 128 valence electrons. The number of nitrogens with zero attached hydrogens (tertiary/aromatic N) is 1. The van der Waals surface area contributed by atoms with Gasteiger partial charge in [-0.05, 0) is 11.6 Å². The van der Waals surface area contributed by atoms with Crippen molar-refractivity contribution in [2.45, 2.75) is 25.8 Å². The van der Waals surface area contributed by atoms with E-state index < -0.39 is 0 Å². The van der Waals surface area contributed by atoms with Crippen LogP contribution in [0.1, 0.15) is 17.5 Å². The molecular weight excluding hydrogens is 308 g/mol. The molecule has 0 amide bonds. The Hall–Kier alpha value is -2.15. The lowest BCUT2D eigenvalue weighted by molar-refractivity contribution is -0.0459. The van der Waals surface area contributed by atoms with Crippen molar-refractivity contribution in [2.75, 3.05) is 19.8 Å². The Bertz CT molecular complexity index is 709.